The van der Waals surface area contributed by atoms with Crippen molar-refractivity contribution in [2.45, 2.75) is 6.29 Å². The summed E-state index contributed by atoms with van der Waals surface area (Å²) in [6, 6.07) is 9.16. The molecule has 0 aliphatic carbocycles. The molecule has 1 aromatic carbocycles. The van der Waals surface area contributed by atoms with Crippen LogP contribution >= 0.6 is 0 Å². The van der Waals surface area contributed by atoms with Crippen LogP contribution in [0, 0.1) is 0 Å². The molecule has 1 atom stereocenters. The minimum absolute atomic E-state index is 0.0241. The van der Waals surface area contributed by atoms with E-state index in [1.54, 1.807) is 12.1 Å². The van der Waals surface area contributed by atoms with Gasteiger partial charge < -0.3 is 14.2 Å². The van der Waals surface area contributed by atoms with Gasteiger partial charge in [-0.25, -0.2) is 4.79 Å². The average molecular weight is 222 g/mol. The molecule has 0 aliphatic rings. The summed E-state index contributed by atoms with van der Waals surface area (Å²) in [6.45, 7) is 3.32. The van der Waals surface area contributed by atoms with Gasteiger partial charge in [0.05, 0.1) is 0 Å². The molecule has 1 unspecified atom stereocenters. The molecule has 0 amide bonds. The fourth-order valence-corrected chi connectivity index (χ4v) is 1.01. The van der Waals surface area contributed by atoms with Crippen LogP contribution in [0.15, 0.2) is 43.0 Å². The number of carbonyl (C=O) groups excluding carboxylic acids is 1. The van der Waals surface area contributed by atoms with Crippen LogP contribution in [0.2, 0.25) is 0 Å². The molecule has 0 heterocycles. The number of para-hydroxylation sites is 1. The lowest BCUT2D eigenvalue weighted by Gasteiger charge is -2.16. The zero-order valence-corrected chi connectivity index (χ0v) is 9.09. The standard InChI is InChI=1S/C12H14O4/c1-3-11(13)15-9-12(14-2)16-10-7-5-4-6-8-10/h3-8,12H,1,9H2,2H3. The predicted molar refractivity (Wildman–Crippen MR) is 59.0 cm³/mol. The smallest absolute Gasteiger partial charge is 0.330 e. The van der Waals surface area contributed by atoms with Gasteiger partial charge in [0.1, 0.15) is 5.75 Å². The van der Waals surface area contributed by atoms with E-state index in [2.05, 4.69) is 6.58 Å². The maximum atomic E-state index is 10.8. The SMILES string of the molecule is C=CC(=O)OCC(OC)Oc1ccccc1. The van der Waals surface area contributed by atoms with Crippen LogP contribution in [-0.2, 0) is 14.3 Å². The highest BCUT2D eigenvalue weighted by Gasteiger charge is 2.10. The second-order valence-electron chi connectivity index (χ2n) is 2.93. The Bertz CT molecular complexity index is 334. The van der Waals surface area contributed by atoms with E-state index in [0.717, 1.165) is 6.08 Å². The molecule has 4 heteroatoms. The molecule has 86 valence electrons. The van der Waals surface area contributed by atoms with Gasteiger partial charge in [-0.1, -0.05) is 24.8 Å². The monoisotopic (exact) mass is 222 g/mol. The second kappa shape index (κ2) is 6.63. The van der Waals surface area contributed by atoms with Crippen LogP contribution in [0.4, 0.5) is 0 Å². The molecule has 16 heavy (non-hydrogen) atoms. The Morgan fingerprint density at radius 1 is 1.44 bits per heavy atom. The summed E-state index contributed by atoms with van der Waals surface area (Å²) in [6.07, 6.45) is 0.473. The molecule has 0 aliphatic heterocycles. The summed E-state index contributed by atoms with van der Waals surface area (Å²) in [4.78, 5) is 10.8. The highest BCUT2D eigenvalue weighted by molar-refractivity contribution is 5.81. The topological polar surface area (TPSA) is 44.8 Å². The fraction of sp³-hybridized carbons (Fsp3) is 0.250. The third-order valence-electron chi connectivity index (χ3n) is 1.80. The van der Waals surface area contributed by atoms with Gasteiger partial charge in [0.15, 0.2) is 6.61 Å². The minimum atomic E-state index is -0.619. The van der Waals surface area contributed by atoms with Gasteiger partial charge in [-0.2, -0.15) is 0 Å². The number of methoxy groups -OCH3 is 1. The normalized spacial score (nSPS) is 11.6. The first-order valence-electron chi connectivity index (χ1n) is 4.80. The van der Waals surface area contributed by atoms with Crippen LogP contribution in [0.3, 0.4) is 0 Å². The minimum Gasteiger partial charge on any atom is -0.461 e. The quantitative estimate of drug-likeness (QED) is 0.418. The van der Waals surface area contributed by atoms with Crippen LogP contribution in [0.5, 0.6) is 5.75 Å². The lowest BCUT2D eigenvalue weighted by atomic mass is 10.3. The van der Waals surface area contributed by atoms with Gasteiger partial charge in [0, 0.05) is 13.2 Å². The van der Waals surface area contributed by atoms with Crippen molar-refractivity contribution in [2.24, 2.45) is 0 Å². The summed E-state index contributed by atoms with van der Waals surface area (Å²) in [5.74, 6) is 0.155. The number of hydrogen-bond donors (Lipinski definition) is 0. The molecule has 4 nitrogen and oxygen atoms in total. The first-order chi connectivity index (χ1) is 7.76. The molecular formula is C12H14O4. The number of esters is 1. The van der Waals surface area contributed by atoms with Crippen LogP contribution < -0.4 is 4.74 Å². The highest BCUT2D eigenvalue weighted by Crippen LogP contribution is 2.11. The van der Waals surface area contributed by atoms with Crippen molar-refractivity contribution in [1.29, 1.82) is 0 Å². The van der Waals surface area contributed by atoms with Crippen molar-refractivity contribution < 1.29 is 19.0 Å². The third kappa shape index (κ3) is 4.14. The van der Waals surface area contributed by atoms with E-state index in [0.29, 0.717) is 5.75 Å². The van der Waals surface area contributed by atoms with Crippen LogP contribution in [0.25, 0.3) is 0 Å². The highest BCUT2D eigenvalue weighted by atomic mass is 16.7. The number of hydrogen-bond acceptors (Lipinski definition) is 4. The lowest BCUT2D eigenvalue weighted by molar-refractivity contribution is -0.151. The maximum absolute atomic E-state index is 10.8. The van der Waals surface area contributed by atoms with Crippen molar-refractivity contribution >= 4 is 5.97 Å². The fourth-order valence-electron chi connectivity index (χ4n) is 1.01. The Hall–Kier alpha value is -1.81. The van der Waals surface area contributed by atoms with Gasteiger partial charge in [-0.3, -0.25) is 0 Å². The molecule has 0 saturated carbocycles. The molecule has 0 bridgehead atoms. The van der Waals surface area contributed by atoms with Crippen molar-refractivity contribution in [3.8, 4) is 5.75 Å². The van der Waals surface area contributed by atoms with Crippen molar-refractivity contribution in [2.75, 3.05) is 13.7 Å². The Labute approximate surface area is 94.4 Å². The Morgan fingerprint density at radius 3 is 2.69 bits per heavy atom. The van der Waals surface area contributed by atoms with Gasteiger partial charge in [-0.15, -0.1) is 0 Å². The van der Waals surface area contributed by atoms with Crippen LogP contribution in [0.1, 0.15) is 0 Å². The van der Waals surface area contributed by atoms with E-state index in [4.69, 9.17) is 14.2 Å². The molecule has 0 saturated heterocycles. The van der Waals surface area contributed by atoms with Gasteiger partial charge in [0.25, 0.3) is 0 Å². The first kappa shape index (κ1) is 12.3. The summed E-state index contributed by atoms with van der Waals surface area (Å²) in [7, 11) is 1.48. The van der Waals surface area contributed by atoms with E-state index in [-0.39, 0.29) is 6.61 Å². The molecule has 0 N–H and O–H groups in total. The van der Waals surface area contributed by atoms with Gasteiger partial charge >= 0.3 is 5.97 Å². The van der Waals surface area contributed by atoms with E-state index in [1.807, 2.05) is 18.2 Å². The molecule has 1 aromatic rings. The molecule has 0 aromatic heterocycles. The Morgan fingerprint density at radius 2 is 2.12 bits per heavy atom. The van der Waals surface area contributed by atoms with Crippen molar-refractivity contribution in [1.82, 2.24) is 0 Å². The maximum Gasteiger partial charge on any atom is 0.330 e. The van der Waals surface area contributed by atoms with E-state index < -0.39 is 12.3 Å². The van der Waals surface area contributed by atoms with Crippen LogP contribution in [-0.4, -0.2) is 26.0 Å². The average Bonchev–Trinajstić information content (AvgIpc) is 2.35. The van der Waals surface area contributed by atoms with Gasteiger partial charge in [0.2, 0.25) is 6.29 Å². The Kier molecular flexibility index (Phi) is 5.08. The summed E-state index contributed by atoms with van der Waals surface area (Å²) in [5.41, 5.74) is 0. The summed E-state index contributed by atoms with van der Waals surface area (Å²) in [5, 5.41) is 0. The Balaban J connectivity index is 2.43. The molecule has 0 spiro atoms. The van der Waals surface area contributed by atoms with E-state index in [9.17, 15) is 4.79 Å². The number of carbonyl (C=O) groups is 1. The van der Waals surface area contributed by atoms with Gasteiger partial charge in [-0.05, 0) is 12.1 Å². The zero-order chi connectivity index (χ0) is 11.8. The predicted octanol–water partition coefficient (Wildman–Crippen LogP) is 1.77. The zero-order valence-electron chi connectivity index (χ0n) is 9.09. The van der Waals surface area contributed by atoms with E-state index in [1.165, 1.54) is 7.11 Å². The molecule has 0 fully saturated rings. The van der Waals surface area contributed by atoms with Crippen molar-refractivity contribution in [3.63, 3.8) is 0 Å². The van der Waals surface area contributed by atoms with Crippen molar-refractivity contribution in [3.05, 3.63) is 43.0 Å². The second-order valence-corrected chi connectivity index (χ2v) is 2.93. The van der Waals surface area contributed by atoms with E-state index >= 15 is 0 Å². The number of ether oxygens (including phenoxy) is 3. The third-order valence-corrected chi connectivity index (χ3v) is 1.80. The number of benzene rings is 1. The molecular weight excluding hydrogens is 208 g/mol. The first-order valence-corrected chi connectivity index (χ1v) is 4.80. The summed E-state index contributed by atoms with van der Waals surface area (Å²) < 4.78 is 15.2. The molecule has 0 radical (unpaired) electrons. The number of rotatable bonds is 6. The molecule has 1 rings (SSSR count). The largest absolute Gasteiger partial charge is 0.461 e. The summed E-state index contributed by atoms with van der Waals surface area (Å²) >= 11 is 0. The lowest BCUT2D eigenvalue weighted by Crippen LogP contribution is -2.26.